The van der Waals surface area contributed by atoms with Gasteiger partial charge in [0.15, 0.2) is 0 Å². The van der Waals surface area contributed by atoms with Gasteiger partial charge in [-0.3, -0.25) is 4.79 Å². The van der Waals surface area contributed by atoms with E-state index in [1.807, 2.05) is 12.1 Å². The summed E-state index contributed by atoms with van der Waals surface area (Å²) >= 11 is 0. The number of unbranched alkanes of at least 4 members (excludes halogenated alkanes) is 3. The summed E-state index contributed by atoms with van der Waals surface area (Å²) in [4.78, 5) is 16.0. The fourth-order valence-corrected chi connectivity index (χ4v) is 1.93. The van der Waals surface area contributed by atoms with E-state index < -0.39 is 0 Å². The summed E-state index contributed by atoms with van der Waals surface area (Å²) in [6.07, 6.45) is 9.28. The maximum Gasteiger partial charge on any atom is 0.224 e. The predicted octanol–water partition coefficient (Wildman–Crippen LogP) is 3.56. The molecule has 1 amide bonds. The first-order chi connectivity index (χ1) is 9.28. The van der Waals surface area contributed by atoms with Gasteiger partial charge in [-0.25, -0.2) is 4.98 Å². The van der Waals surface area contributed by atoms with Crippen molar-refractivity contribution in [2.45, 2.75) is 57.9 Å². The summed E-state index contributed by atoms with van der Waals surface area (Å²) in [5.74, 6) is 0.976. The minimum absolute atomic E-state index is 0.0841. The van der Waals surface area contributed by atoms with E-state index >= 15 is 0 Å². The van der Waals surface area contributed by atoms with Crippen molar-refractivity contribution >= 4 is 17.4 Å². The minimum atomic E-state index is 0.0841. The number of carbonyl (C=O) groups is 1. The van der Waals surface area contributed by atoms with Gasteiger partial charge in [-0.05, 0) is 31.4 Å². The summed E-state index contributed by atoms with van der Waals surface area (Å²) < 4.78 is 0. The summed E-state index contributed by atoms with van der Waals surface area (Å²) in [6, 6.07) is 4.43. The van der Waals surface area contributed by atoms with Crippen molar-refractivity contribution in [3.63, 3.8) is 0 Å². The number of carbonyl (C=O) groups excluding carboxylic acids is 1. The molecule has 0 saturated heterocycles. The van der Waals surface area contributed by atoms with Crippen LogP contribution >= 0.6 is 0 Å². The molecule has 19 heavy (non-hydrogen) atoms. The second-order valence-corrected chi connectivity index (χ2v) is 5.21. The summed E-state index contributed by atoms with van der Waals surface area (Å²) in [7, 11) is 0. The van der Waals surface area contributed by atoms with Gasteiger partial charge in [0.2, 0.25) is 5.91 Å². The fraction of sp³-hybridized carbons (Fsp3) is 0.600. The van der Waals surface area contributed by atoms with Gasteiger partial charge in [0.1, 0.15) is 5.82 Å². The number of amides is 1. The van der Waals surface area contributed by atoms with Gasteiger partial charge in [-0.1, -0.05) is 26.2 Å². The molecule has 1 aliphatic carbocycles. The average Bonchev–Trinajstić information content (AvgIpc) is 3.21. The molecule has 4 heteroatoms. The van der Waals surface area contributed by atoms with E-state index in [9.17, 15) is 4.79 Å². The maximum atomic E-state index is 11.7. The normalized spacial score (nSPS) is 14.2. The molecule has 104 valence electrons. The lowest BCUT2D eigenvalue weighted by Gasteiger charge is -2.07. The predicted molar refractivity (Wildman–Crippen MR) is 78.3 cm³/mol. The Morgan fingerprint density at radius 3 is 2.79 bits per heavy atom. The van der Waals surface area contributed by atoms with E-state index in [1.54, 1.807) is 6.20 Å². The monoisotopic (exact) mass is 261 g/mol. The quantitative estimate of drug-likeness (QED) is 0.703. The number of hydrogen-bond acceptors (Lipinski definition) is 3. The zero-order chi connectivity index (χ0) is 13.5. The standard InChI is InChI=1S/C15H23N3O/c1-2-3-4-5-6-15(19)18-13-9-10-14(16-11-13)17-12-7-8-12/h9-12H,2-8H2,1H3,(H,16,17)(H,18,19). The summed E-state index contributed by atoms with van der Waals surface area (Å²) in [5, 5.41) is 6.21. The molecule has 1 heterocycles. The van der Waals surface area contributed by atoms with Gasteiger partial charge in [0, 0.05) is 12.5 Å². The zero-order valence-corrected chi connectivity index (χ0v) is 11.6. The molecule has 1 saturated carbocycles. The van der Waals surface area contributed by atoms with Gasteiger partial charge < -0.3 is 10.6 Å². The van der Waals surface area contributed by atoms with E-state index in [-0.39, 0.29) is 5.91 Å². The Kier molecular flexibility index (Phi) is 5.19. The van der Waals surface area contributed by atoms with Crippen LogP contribution in [0.5, 0.6) is 0 Å². The Balaban J connectivity index is 1.70. The number of pyridine rings is 1. The Bertz CT molecular complexity index is 398. The van der Waals surface area contributed by atoms with E-state index in [4.69, 9.17) is 0 Å². The smallest absolute Gasteiger partial charge is 0.224 e. The Labute approximate surface area is 115 Å². The van der Waals surface area contributed by atoms with Gasteiger partial charge in [-0.15, -0.1) is 0 Å². The van der Waals surface area contributed by atoms with E-state index in [0.29, 0.717) is 12.5 Å². The van der Waals surface area contributed by atoms with Crippen LogP contribution in [0.4, 0.5) is 11.5 Å². The lowest BCUT2D eigenvalue weighted by molar-refractivity contribution is -0.116. The molecule has 0 aliphatic heterocycles. The average molecular weight is 261 g/mol. The third kappa shape index (κ3) is 5.28. The number of rotatable bonds is 8. The largest absolute Gasteiger partial charge is 0.367 e. The Morgan fingerprint density at radius 1 is 1.32 bits per heavy atom. The molecule has 0 bridgehead atoms. The number of nitrogens with one attached hydrogen (secondary N) is 2. The number of hydrogen-bond donors (Lipinski definition) is 2. The molecule has 1 fully saturated rings. The molecule has 0 aromatic carbocycles. The summed E-state index contributed by atoms with van der Waals surface area (Å²) in [6.45, 7) is 2.17. The third-order valence-electron chi connectivity index (χ3n) is 3.23. The number of nitrogens with zero attached hydrogens (tertiary/aromatic N) is 1. The second-order valence-electron chi connectivity index (χ2n) is 5.21. The Hall–Kier alpha value is -1.58. The zero-order valence-electron chi connectivity index (χ0n) is 11.6. The van der Waals surface area contributed by atoms with Gasteiger partial charge in [-0.2, -0.15) is 0 Å². The highest BCUT2D eigenvalue weighted by Crippen LogP contribution is 2.23. The van der Waals surface area contributed by atoms with Gasteiger partial charge in [0.25, 0.3) is 0 Å². The van der Waals surface area contributed by atoms with Crippen LogP contribution in [0.3, 0.4) is 0 Å². The van der Waals surface area contributed by atoms with Crippen LogP contribution in [0, 0.1) is 0 Å². The molecule has 1 aromatic heterocycles. The molecule has 0 spiro atoms. The van der Waals surface area contributed by atoms with Crippen molar-refractivity contribution in [3.05, 3.63) is 18.3 Å². The van der Waals surface area contributed by atoms with Crippen molar-refractivity contribution in [1.82, 2.24) is 4.98 Å². The van der Waals surface area contributed by atoms with Crippen LogP contribution in [-0.4, -0.2) is 16.9 Å². The molecule has 1 aliphatic rings. The second kappa shape index (κ2) is 7.12. The highest BCUT2D eigenvalue weighted by atomic mass is 16.1. The number of anilines is 2. The fourth-order valence-electron chi connectivity index (χ4n) is 1.93. The molecule has 2 rings (SSSR count). The van der Waals surface area contributed by atoms with Crippen LogP contribution in [0.1, 0.15) is 51.9 Å². The van der Waals surface area contributed by atoms with Crippen molar-refractivity contribution in [2.75, 3.05) is 10.6 Å². The molecule has 0 atom stereocenters. The van der Waals surface area contributed by atoms with Gasteiger partial charge >= 0.3 is 0 Å². The highest BCUT2D eigenvalue weighted by Gasteiger charge is 2.20. The van der Waals surface area contributed by atoms with Crippen LogP contribution in [-0.2, 0) is 4.79 Å². The van der Waals surface area contributed by atoms with Crippen molar-refractivity contribution < 1.29 is 4.79 Å². The van der Waals surface area contributed by atoms with E-state index in [2.05, 4.69) is 22.5 Å². The van der Waals surface area contributed by atoms with Crippen LogP contribution in [0.2, 0.25) is 0 Å². The first-order valence-corrected chi connectivity index (χ1v) is 7.30. The van der Waals surface area contributed by atoms with Crippen LogP contribution < -0.4 is 10.6 Å². The lowest BCUT2D eigenvalue weighted by atomic mass is 10.1. The van der Waals surface area contributed by atoms with Gasteiger partial charge in [0.05, 0.1) is 11.9 Å². The molecular weight excluding hydrogens is 238 g/mol. The molecule has 1 aromatic rings. The highest BCUT2D eigenvalue weighted by molar-refractivity contribution is 5.90. The molecule has 2 N–H and O–H groups in total. The first-order valence-electron chi connectivity index (χ1n) is 7.30. The first kappa shape index (κ1) is 13.8. The van der Waals surface area contributed by atoms with E-state index in [0.717, 1.165) is 24.3 Å². The van der Waals surface area contributed by atoms with Crippen molar-refractivity contribution in [1.29, 1.82) is 0 Å². The SMILES string of the molecule is CCCCCCC(=O)Nc1ccc(NC2CC2)nc1. The molecule has 0 unspecified atom stereocenters. The minimum Gasteiger partial charge on any atom is -0.367 e. The molecule has 0 radical (unpaired) electrons. The van der Waals surface area contributed by atoms with E-state index in [1.165, 1.54) is 25.7 Å². The van der Waals surface area contributed by atoms with Crippen molar-refractivity contribution in [2.24, 2.45) is 0 Å². The third-order valence-corrected chi connectivity index (χ3v) is 3.23. The van der Waals surface area contributed by atoms with Crippen LogP contribution in [0.15, 0.2) is 18.3 Å². The van der Waals surface area contributed by atoms with Crippen LogP contribution in [0.25, 0.3) is 0 Å². The Morgan fingerprint density at radius 2 is 2.16 bits per heavy atom. The molecular formula is C15H23N3O. The maximum absolute atomic E-state index is 11.7. The topological polar surface area (TPSA) is 54.0 Å². The van der Waals surface area contributed by atoms with Crippen molar-refractivity contribution in [3.8, 4) is 0 Å². The number of aromatic nitrogens is 1. The lowest BCUT2D eigenvalue weighted by Crippen LogP contribution is -2.11. The summed E-state index contributed by atoms with van der Waals surface area (Å²) in [5.41, 5.74) is 0.779. The molecule has 4 nitrogen and oxygen atoms in total.